The number of carbonyl (C=O) groups excluding carboxylic acids is 1. The first kappa shape index (κ1) is 23.2. The minimum atomic E-state index is -3.63. The summed E-state index contributed by atoms with van der Waals surface area (Å²) in [5.41, 5.74) is 2.55. The predicted molar refractivity (Wildman–Crippen MR) is 123 cm³/mol. The van der Waals surface area contributed by atoms with E-state index in [1.807, 2.05) is 12.1 Å². The van der Waals surface area contributed by atoms with Crippen molar-refractivity contribution in [3.63, 3.8) is 0 Å². The van der Waals surface area contributed by atoms with Crippen molar-refractivity contribution in [2.45, 2.75) is 18.4 Å². The number of aryl methyl sites for hydroxylation is 1. The molecular formula is C22H21Cl2N3O3S. The Kier molecular flexibility index (Phi) is 7.01. The van der Waals surface area contributed by atoms with Crippen LogP contribution in [0.2, 0.25) is 10.2 Å². The highest BCUT2D eigenvalue weighted by atomic mass is 35.5. The summed E-state index contributed by atoms with van der Waals surface area (Å²) in [5.74, 6) is -0.336. The van der Waals surface area contributed by atoms with Crippen molar-refractivity contribution in [3.05, 3.63) is 87.2 Å². The zero-order valence-corrected chi connectivity index (χ0v) is 19.5. The van der Waals surface area contributed by atoms with Crippen LogP contribution in [0.15, 0.2) is 59.5 Å². The minimum absolute atomic E-state index is 0.0572. The number of benzene rings is 2. The van der Waals surface area contributed by atoms with Gasteiger partial charge in [-0.1, -0.05) is 47.5 Å². The predicted octanol–water partition coefficient (Wildman–Crippen LogP) is 4.69. The molecule has 0 aliphatic heterocycles. The van der Waals surface area contributed by atoms with E-state index in [-0.39, 0.29) is 16.2 Å². The van der Waals surface area contributed by atoms with Crippen molar-refractivity contribution >= 4 is 45.1 Å². The Bertz CT molecular complexity index is 1250. The number of hydrogen-bond acceptors (Lipinski definition) is 4. The molecule has 0 spiro atoms. The van der Waals surface area contributed by atoms with Gasteiger partial charge in [0, 0.05) is 30.2 Å². The summed E-state index contributed by atoms with van der Waals surface area (Å²) < 4.78 is 27.4. The van der Waals surface area contributed by atoms with Crippen LogP contribution < -0.4 is 0 Å². The van der Waals surface area contributed by atoms with Crippen molar-refractivity contribution in [1.82, 2.24) is 14.1 Å². The lowest BCUT2D eigenvalue weighted by Gasteiger charge is -2.11. The molecule has 0 fully saturated rings. The van der Waals surface area contributed by atoms with Crippen molar-refractivity contribution in [1.29, 1.82) is 0 Å². The third-order valence-corrected chi connectivity index (χ3v) is 7.12. The number of allylic oxidation sites excluding steroid dienone is 1. The number of rotatable bonds is 7. The quantitative estimate of drug-likeness (QED) is 0.365. The Labute approximate surface area is 191 Å². The van der Waals surface area contributed by atoms with Gasteiger partial charge in [0.05, 0.1) is 17.1 Å². The molecule has 3 aromatic rings. The molecule has 9 heteroatoms. The molecule has 0 unspecified atom stereocenters. The monoisotopic (exact) mass is 477 g/mol. The fourth-order valence-electron chi connectivity index (χ4n) is 2.90. The number of ketones is 1. The summed E-state index contributed by atoms with van der Waals surface area (Å²) in [5, 5.41) is 5.50. The Morgan fingerprint density at radius 2 is 1.81 bits per heavy atom. The van der Waals surface area contributed by atoms with E-state index in [1.165, 1.54) is 32.3 Å². The minimum Gasteiger partial charge on any atom is -0.289 e. The summed E-state index contributed by atoms with van der Waals surface area (Å²) in [4.78, 5) is 12.7. The molecule has 1 aromatic heterocycles. The molecule has 6 nitrogen and oxygen atoms in total. The molecule has 0 saturated carbocycles. The SMILES string of the molecule is Cc1nn(Cc2ccc(Cl)cc2)c(Cl)c1/C=C/C(=O)c1cccc(S(=O)(=O)N(C)C)c1. The first-order valence-corrected chi connectivity index (χ1v) is 11.5. The van der Waals surface area contributed by atoms with Crippen molar-refractivity contribution in [2.24, 2.45) is 0 Å². The topological polar surface area (TPSA) is 72.3 Å². The third-order valence-electron chi connectivity index (χ3n) is 4.65. The normalized spacial score (nSPS) is 12.1. The van der Waals surface area contributed by atoms with E-state index in [0.29, 0.717) is 28.0 Å². The van der Waals surface area contributed by atoms with Gasteiger partial charge in [0.25, 0.3) is 0 Å². The lowest BCUT2D eigenvalue weighted by molar-refractivity contribution is 0.104. The highest BCUT2D eigenvalue weighted by molar-refractivity contribution is 7.89. The number of sulfonamides is 1. The fraction of sp³-hybridized carbons (Fsp3) is 0.182. The molecule has 162 valence electrons. The Balaban J connectivity index is 1.83. The zero-order chi connectivity index (χ0) is 22.8. The maximum Gasteiger partial charge on any atom is 0.242 e. The smallest absolute Gasteiger partial charge is 0.242 e. The Morgan fingerprint density at radius 3 is 2.45 bits per heavy atom. The number of hydrogen-bond donors (Lipinski definition) is 0. The van der Waals surface area contributed by atoms with Gasteiger partial charge in [-0.3, -0.25) is 4.79 Å². The second-order valence-corrected chi connectivity index (χ2v) is 10.0. The highest BCUT2D eigenvalue weighted by Crippen LogP contribution is 2.23. The highest BCUT2D eigenvalue weighted by Gasteiger charge is 2.18. The molecule has 0 aliphatic rings. The number of aromatic nitrogens is 2. The van der Waals surface area contributed by atoms with Crippen LogP contribution in [-0.2, 0) is 16.6 Å². The van der Waals surface area contributed by atoms with Gasteiger partial charge < -0.3 is 0 Å². The summed E-state index contributed by atoms with van der Waals surface area (Å²) >= 11 is 12.4. The zero-order valence-electron chi connectivity index (χ0n) is 17.2. The number of nitrogens with zero attached hydrogens (tertiary/aromatic N) is 3. The largest absolute Gasteiger partial charge is 0.289 e. The average Bonchev–Trinajstić information content (AvgIpc) is 3.00. The lowest BCUT2D eigenvalue weighted by Crippen LogP contribution is -2.22. The second kappa shape index (κ2) is 9.36. The molecule has 0 saturated heterocycles. The fourth-order valence-corrected chi connectivity index (χ4v) is 4.27. The molecule has 0 aliphatic carbocycles. The molecule has 2 aromatic carbocycles. The lowest BCUT2D eigenvalue weighted by atomic mass is 10.1. The number of halogens is 2. The van der Waals surface area contributed by atoms with Crippen LogP contribution in [0.25, 0.3) is 6.08 Å². The van der Waals surface area contributed by atoms with Gasteiger partial charge >= 0.3 is 0 Å². The van der Waals surface area contributed by atoms with Crippen LogP contribution in [0.1, 0.15) is 27.2 Å². The second-order valence-electron chi connectivity index (χ2n) is 7.09. The average molecular weight is 478 g/mol. The van der Waals surface area contributed by atoms with Crippen LogP contribution in [0.3, 0.4) is 0 Å². The van der Waals surface area contributed by atoms with E-state index in [9.17, 15) is 13.2 Å². The van der Waals surface area contributed by atoms with Gasteiger partial charge in [0.1, 0.15) is 5.15 Å². The van der Waals surface area contributed by atoms with Crippen molar-refractivity contribution in [2.75, 3.05) is 14.1 Å². The number of carbonyl (C=O) groups is 1. The molecule has 0 atom stereocenters. The van der Waals surface area contributed by atoms with E-state index in [2.05, 4.69) is 5.10 Å². The van der Waals surface area contributed by atoms with Crippen LogP contribution in [-0.4, -0.2) is 42.4 Å². The van der Waals surface area contributed by atoms with Crippen LogP contribution in [0, 0.1) is 6.92 Å². The molecule has 0 bridgehead atoms. The van der Waals surface area contributed by atoms with E-state index < -0.39 is 10.0 Å². The van der Waals surface area contributed by atoms with E-state index in [1.54, 1.807) is 41.9 Å². The molecular weight excluding hydrogens is 457 g/mol. The molecule has 0 amide bonds. The van der Waals surface area contributed by atoms with Crippen LogP contribution in [0.4, 0.5) is 0 Å². The van der Waals surface area contributed by atoms with Gasteiger partial charge in [-0.05, 0) is 48.9 Å². The van der Waals surface area contributed by atoms with Gasteiger partial charge in [-0.15, -0.1) is 0 Å². The van der Waals surface area contributed by atoms with Crippen molar-refractivity contribution < 1.29 is 13.2 Å². The van der Waals surface area contributed by atoms with Gasteiger partial charge in [-0.2, -0.15) is 5.10 Å². The maximum atomic E-state index is 12.6. The summed E-state index contributed by atoms with van der Waals surface area (Å²) in [6, 6.07) is 13.3. The first-order chi connectivity index (χ1) is 14.6. The maximum absolute atomic E-state index is 12.6. The summed E-state index contributed by atoms with van der Waals surface area (Å²) in [7, 11) is -0.747. The molecule has 31 heavy (non-hydrogen) atoms. The first-order valence-electron chi connectivity index (χ1n) is 9.32. The van der Waals surface area contributed by atoms with Gasteiger partial charge in [-0.25, -0.2) is 17.4 Å². The molecule has 0 N–H and O–H groups in total. The molecule has 0 radical (unpaired) electrons. The van der Waals surface area contributed by atoms with E-state index in [4.69, 9.17) is 23.2 Å². The van der Waals surface area contributed by atoms with Gasteiger partial charge in [0.2, 0.25) is 10.0 Å². The van der Waals surface area contributed by atoms with E-state index in [0.717, 1.165) is 9.87 Å². The van der Waals surface area contributed by atoms with E-state index >= 15 is 0 Å². The van der Waals surface area contributed by atoms with Gasteiger partial charge in [0.15, 0.2) is 5.78 Å². The van der Waals surface area contributed by atoms with Crippen LogP contribution >= 0.6 is 23.2 Å². The summed E-state index contributed by atoms with van der Waals surface area (Å²) in [6.07, 6.45) is 2.96. The Hall–Kier alpha value is -2.45. The van der Waals surface area contributed by atoms with Crippen molar-refractivity contribution in [3.8, 4) is 0 Å². The van der Waals surface area contributed by atoms with Crippen LogP contribution in [0.5, 0.6) is 0 Å². The summed E-state index contributed by atoms with van der Waals surface area (Å²) in [6.45, 7) is 2.27. The third kappa shape index (κ3) is 5.25. The molecule has 1 heterocycles. The molecule has 3 rings (SSSR count). The Morgan fingerprint density at radius 1 is 1.13 bits per heavy atom. The standard InChI is InChI=1S/C22H21Cl2N3O3S/c1-15-20(22(24)27(25-15)14-16-7-9-18(23)10-8-16)11-12-21(28)17-5-4-6-19(13-17)31(29,30)26(2)3/h4-13H,14H2,1-3H3/b12-11+.